The summed E-state index contributed by atoms with van der Waals surface area (Å²) < 4.78 is 80.2. The van der Waals surface area contributed by atoms with E-state index < -0.39 is 51.1 Å². The van der Waals surface area contributed by atoms with Gasteiger partial charge in [0.2, 0.25) is 10.0 Å². The molecule has 0 heterocycles. The van der Waals surface area contributed by atoms with Crippen LogP contribution in [0.5, 0.6) is 0 Å². The fraction of sp³-hybridized carbons (Fsp3) is 0.350. The Morgan fingerprint density at radius 1 is 0.903 bits per heavy atom. The first-order chi connectivity index (χ1) is 14.2. The summed E-state index contributed by atoms with van der Waals surface area (Å²) in [7, 11) is -4.15. The molecule has 0 atom stereocenters. The minimum absolute atomic E-state index is 0.00783. The van der Waals surface area contributed by atoms with E-state index in [1.807, 2.05) is 24.3 Å². The first-order valence-corrected chi connectivity index (χ1v) is 11.4. The molecule has 2 aromatic carbocycles. The number of rotatable bonds is 6. The molecule has 0 fully saturated rings. The highest BCUT2D eigenvalue weighted by molar-refractivity contribution is 7.92. The minimum Gasteiger partial charge on any atom is -0.359 e. The SMILES string of the molecule is CC(C)(C)c1ccc(CNC(=S)NCc2c(F)c(F)c(NS(C)(=O)=O)c(F)c2F)cc1. The van der Waals surface area contributed by atoms with Crippen LogP contribution in [0.4, 0.5) is 23.2 Å². The van der Waals surface area contributed by atoms with E-state index in [-0.39, 0.29) is 10.5 Å². The number of benzene rings is 2. The van der Waals surface area contributed by atoms with Crippen molar-refractivity contribution in [3.63, 3.8) is 0 Å². The standard InChI is InChI=1S/C20H23F4N3O2S2/c1-20(2,3)12-7-5-11(6-8-12)9-25-19(30)26-10-13-14(21)16(23)18(17(24)15(13)22)27-31(4,28)29/h5-8,27H,9-10H2,1-4H3,(H2,25,26,30). The Morgan fingerprint density at radius 3 is 1.84 bits per heavy atom. The molecule has 0 aromatic heterocycles. The van der Waals surface area contributed by atoms with E-state index in [1.165, 1.54) is 4.72 Å². The molecule has 0 saturated carbocycles. The van der Waals surface area contributed by atoms with Crippen molar-refractivity contribution in [2.45, 2.75) is 39.3 Å². The topological polar surface area (TPSA) is 70.2 Å². The van der Waals surface area contributed by atoms with Gasteiger partial charge in [0.25, 0.3) is 0 Å². The average Bonchev–Trinajstić information content (AvgIpc) is 2.67. The van der Waals surface area contributed by atoms with Gasteiger partial charge in [-0.05, 0) is 28.8 Å². The second kappa shape index (κ2) is 9.39. The molecule has 0 spiro atoms. The summed E-state index contributed by atoms with van der Waals surface area (Å²) in [6.45, 7) is 5.94. The zero-order valence-electron chi connectivity index (χ0n) is 17.4. The number of halogens is 4. The number of thiocarbonyl (C=S) groups is 1. The van der Waals surface area contributed by atoms with E-state index in [9.17, 15) is 26.0 Å². The normalized spacial score (nSPS) is 11.9. The summed E-state index contributed by atoms with van der Waals surface area (Å²) in [4.78, 5) is 0. The maximum atomic E-state index is 14.2. The highest BCUT2D eigenvalue weighted by Gasteiger charge is 2.27. The molecule has 3 N–H and O–H groups in total. The van der Waals surface area contributed by atoms with Crippen LogP contribution in [0.2, 0.25) is 0 Å². The zero-order chi connectivity index (χ0) is 23.6. The number of hydrogen-bond donors (Lipinski definition) is 3. The van der Waals surface area contributed by atoms with Gasteiger partial charge in [-0.15, -0.1) is 0 Å². The van der Waals surface area contributed by atoms with Crippen molar-refractivity contribution in [2.75, 3.05) is 11.0 Å². The van der Waals surface area contributed by atoms with Crippen molar-refractivity contribution in [1.29, 1.82) is 0 Å². The Morgan fingerprint density at radius 2 is 1.39 bits per heavy atom. The molecule has 0 radical (unpaired) electrons. The van der Waals surface area contributed by atoms with Crippen molar-refractivity contribution in [3.05, 3.63) is 64.2 Å². The summed E-state index contributed by atoms with van der Waals surface area (Å²) in [6.07, 6.45) is 0.595. The number of nitrogens with one attached hydrogen (secondary N) is 3. The molecule has 2 rings (SSSR count). The fourth-order valence-corrected chi connectivity index (χ4v) is 3.34. The van der Waals surface area contributed by atoms with Crippen molar-refractivity contribution >= 4 is 33.0 Å². The maximum Gasteiger partial charge on any atom is 0.230 e. The van der Waals surface area contributed by atoms with E-state index in [0.717, 1.165) is 11.1 Å². The quantitative estimate of drug-likeness (QED) is 0.332. The third-order valence-electron chi connectivity index (χ3n) is 4.34. The first kappa shape index (κ1) is 24.9. The lowest BCUT2D eigenvalue weighted by Gasteiger charge is -2.19. The predicted molar refractivity (Wildman–Crippen MR) is 116 cm³/mol. The van der Waals surface area contributed by atoms with Crippen molar-refractivity contribution in [1.82, 2.24) is 10.6 Å². The van der Waals surface area contributed by atoms with E-state index in [4.69, 9.17) is 12.2 Å². The van der Waals surface area contributed by atoms with Gasteiger partial charge < -0.3 is 10.6 Å². The van der Waals surface area contributed by atoms with Gasteiger partial charge in [0.15, 0.2) is 28.4 Å². The molecular formula is C20H23F4N3O2S2. The molecule has 2 aromatic rings. The Kier molecular flexibility index (Phi) is 7.53. The molecule has 11 heteroatoms. The molecule has 0 aliphatic rings. The van der Waals surface area contributed by atoms with Crippen LogP contribution in [-0.2, 0) is 28.5 Å². The Hall–Kier alpha value is -2.40. The Bertz CT molecular complexity index is 1050. The van der Waals surface area contributed by atoms with E-state index in [0.29, 0.717) is 12.8 Å². The largest absolute Gasteiger partial charge is 0.359 e. The molecule has 31 heavy (non-hydrogen) atoms. The van der Waals surface area contributed by atoms with Crippen LogP contribution in [0.25, 0.3) is 0 Å². The van der Waals surface area contributed by atoms with Crippen LogP contribution in [-0.4, -0.2) is 19.8 Å². The summed E-state index contributed by atoms with van der Waals surface area (Å²) in [5.41, 5.74) is -0.301. The smallest absolute Gasteiger partial charge is 0.230 e. The van der Waals surface area contributed by atoms with Gasteiger partial charge in [-0.3, -0.25) is 4.72 Å². The van der Waals surface area contributed by atoms with Crippen LogP contribution >= 0.6 is 12.2 Å². The fourth-order valence-electron chi connectivity index (χ4n) is 2.64. The number of hydrogen-bond acceptors (Lipinski definition) is 3. The molecule has 5 nitrogen and oxygen atoms in total. The lowest BCUT2D eigenvalue weighted by molar-refractivity contribution is 0.442. The van der Waals surface area contributed by atoms with E-state index >= 15 is 0 Å². The second-order valence-electron chi connectivity index (χ2n) is 7.97. The van der Waals surface area contributed by atoms with Gasteiger partial charge in [-0.1, -0.05) is 45.0 Å². The molecule has 0 saturated heterocycles. The van der Waals surface area contributed by atoms with Crippen molar-refractivity contribution < 1.29 is 26.0 Å². The highest BCUT2D eigenvalue weighted by Crippen LogP contribution is 2.28. The summed E-state index contributed by atoms with van der Waals surface area (Å²) >= 11 is 5.04. The van der Waals surface area contributed by atoms with Gasteiger partial charge in [-0.25, -0.2) is 26.0 Å². The Labute approximate surface area is 184 Å². The molecule has 0 bridgehead atoms. The molecule has 0 aliphatic heterocycles. The van der Waals surface area contributed by atoms with Crippen LogP contribution < -0.4 is 15.4 Å². The van der Waals surface area contributed by atoms with Gasteiger partial charge in [0, 0.05) is 18.7 Å². The van der Waals surface area contributed by atoms with Crippen molar-refractivity contribution in [2.24, 2.45) is 0 Å². The third-order valence-corrected chi connectivity index (χ3v) is 5.20. The molecule has 170 valence electrons. The van der Waals surface area contributed by atoms with Gasteiger partial charge in [0.05, 0.1) is 6.26 Å². The van der Waals surface area contributed by atoms with Crippen molar-refractivity contribution in [3.8, 4) is 0 Å². The monoisotopic (exact) mass is 477 g/mol. The Balaban J connectivity index is 2.05. The summed E-state index contributed by atoms with van der Waals surface area (Å²) in [5.74, 6) is -7.14. The van der Waals surface area contributed by atoms with E-state index in [1.54, 1.807) is 0 Å². The molecule has 0 aliphatic carbocycles. The van der Waals surface area contributed by atoms with Crippen LogP contribution in [0.3, 0.4) is 0 Å². The van der Waals surface area contributed by atoms with Gasteiger partial charge >= 0.3 is 0 Å². The highest BCUT2D eigenvalue weighted by atomic mass is 32.2. The summed E-state index contributed by atoms with van der Waals surface area (Å²) in [6, 6.07) is 7.79. The van der Waals surface area contributed by atoms with Gasteiger partial charge in [-0.2, -0.15) is 0 Å². The summed E-state index contributed by atoms with van der Waals surface area (Å²) in [5, 5.41) is 5.32. The van der Waals surface area contributed by atoms with Crippen LogP contribution in [0.15, 0.2) is 24.3 Å². The minimum atomic E-state index is -4.15. The van der Waals surface area contributed by atoms with Gasteiger partial charge in [0.1, 0.15) is 5.69 Å². The molecule has 0 unspecified atom stereocenters. The third kappa shape index (κ3) is 6.54. The zero-order valence-corrected chi connectivity index (χ0v) is 19.0. The predicted octanol–water partition coefficient (Wildman–Crippen LogP) is 4.08. The lowest BCUT2D eigenvalue weighted by atomic mass is 9.87. The van der Waals surface area contributed by atoms with Crippen LogP contribution in [0.1, 0.15) is 37.5 Å². The molecular weight excluding hydrogens is 454 g/mol. The lowest BCUT2D eigenvalue weighted by Crippen LogP contribution is -2.35. The maximum absolute atomic E-state index is 14.2. The van der Waals surface area contributed by atoms with E-state index in [2.05, 4.69) is 31.4 Å². The van der Waals surface area contributed by atoms with Crippen LogP contribution in [0, 0.1) is 23.3 Å². The number of sulfonamides is 1. The molecule has 0 amide bonds. The number of anilines is 1. The first-order valence-electron chi connectivity index (χ1n) is 9.14. The second-order valence-corrected chi connectivity index (χ2v) is 10.1. The average molecular weight is 478 g/mol.